The Bertz CT molecular complexity index is 984. The minimum Gasteiger partial charge on any atom is -0.493 e. The lowest BCUT2D eigenvalue weighted by molar-refractivity contribution is -0.384. The van der Waals surface area contributed by atoms with E-state index in [1.165, 1.54) is 18.2 Å². The van der Waals surface area contributed by atoms with Crippen molar-refractivity contribution in [3.8, 4) is 5.75 Å². The number of carbonyl (C=O) groups excluding carboxylic acids is 1. The van der Waals surface area contributed by atoms with Crippen LogP contribution in [-0.4, -0.2) is 23.4 Å². The molecule has 0 spiro atoms. The van der Waals surface area contributed by atoms with Gasteiger partial charge in [0.2, 0.25) is 5.90 Å². The number of nitrogens with zero attached hydrogens (tertiary/aromatic N) is 2. The molecule has 8 heteroatoms. The summed E-state index contributed by atoms with van der Waals surface area (Å²) in [5.74, 6) is 0.0154. The number of hydrogen-bond acceptors (Lipinski definition) is 6. The van der Waals surface area contributed by atoms with Crippen LogP contribution in [0.15, 0.2) is 53.2 Å². The molecule has 2 aromatic carbocycles. The lowest BCUT2D eigenvalue weighted by Crippen LogP contribution is -2.06. The van der Waals surface area contributed by atoms with E-state index in [2.05, 4.69) is 11.9 Å². The highest BCUT2D eigenvalue weighted by Crippen LogP contribution is 2.28. The summed E-state index contributed by atoms with van der Waals surface area (Å²) >= 11 is 6.09. The minimum absolute atomic E-state index is 0.000491. The fourth-order valence-electron chi connectivity index (χ4n) is 2.52. The van der Waals surface area contributed by atoms with Crippen molar-refractivity contribution in [2.24, 2.45) is 4.99 Å². The Morgan fingerprint density at radius 2 is 2.07 bits per heavy atom. The highest BCUT2D eigenvalue weighted by Gasteiger charge is 2.26. The third-order valence-corrected chi connectivity index (χ3v) is 4.29. The quantitative estimate of drug-likeness (QED) is 0.219. The van der Waals surface area contributed by atoms with Gasteiger partial charge in [0.15, 0.2) is 5.70 Å². The highest BCUT2D eigenvalue weighted by molar-refractivity contribution is 6.34. The fraction of sp³-hybridized carbons (Fsp3) is 0.200. The molecule has 0 unspecified atom stereocenters. The first-order chi connectivity index (χ1) is 13.5. The maximum absolute atomic E-state index is 12.2. The summed E-state index contributed by atoms with van der Waals surface area (Å²) in [7, 11) is 0. The second kappa shape index (κ2) is 8.67. The number of nitro benzene ring substituents is 1. The van der Waals surface area contributed by atoms with Crippen molar-refractivity contribution >= 4 is 35.2 Å². The van der Waals surface area contributed by atoms with E-state index in [4.69, 9.17) is 21.1 Å². The highest BCUT2D eigenvalue weighted by atomic mass is 35.5. The number of ether oxygens (including phenoxy) is 2. The van der Waals surface area contributed by atoms with Crippen LogP contribution in [0.5, 0.6) is 5.75 Å². The number of halogens is 1. The molecule has 7 nitrogen and oxygen atoms in total. The zero-order valence-electron chi connectivity index (χ0n) is 15.1. The number of para-hydroxylation sites is 1. The Hall–Kier alpha value is -3.19. The average molecular weight is 401 g/mol. The monoisotopic (exact) mass is 400 g/mol. The molecule has 2 aromatic rings. The molecule has 0 radical (unpaired) electrons. The van der Waals surface area contributed by atoms with Gasteiger partial charge < -0.3 is 9.47 Å². The third kappa shape index (κ3) is 4.37. The topological polar surface area (TPSA) is 91.0 Å². The smallest absolute Gasteiger partial charge is 0.363 e. The van der Waals surface area contributed by atoms with Gasteiger partial charge in [0.25, 0.3) is 5.69 Å². The van der Waals surface area contributed by atoms with Gasteiger partial charge in [-0.15, -0.1) is 0 Å². The molecule has 0 aromatic heterocycles. The van der Waals surface area contributed by atoms with E-state index in [9.17, 15) is 14.9 Å². The van der Waals surface area contributed by atoms with E-state index in [0.29, 0.717) is 23.5 Å². The number of esters is 1. The van der Waals surface area contributed by atoms with Gasteiger partial charge in [-0.2, -0.15) is 0 Å². The fourth-order valence-corrected chi connectivity index (χ4v) is 2.78. The zero-order valence-corrected chi connectivity index (χ0v) is 15.8. The first kappa shape index (κ1) is 19.6. The predicted octanol–water partition coefficient (Wildman–Crippen LogP) is 4.77. The third-order valence-electron chi connectivity index (χ3n) is 3.98. The van der Waals surface area contributed by atoms with Crippen LogP contribution in [0.1, 0.15) is 30.9 Å². The second-order valence-electron chi connectivity index (χ2n) is 6.00. The number of unbranched alkanes of at least 4 members (excludes halogenated alkanes) is 1. The van der Waals surface area contributed by atoms with Gasteiger partial charge in [-0.1, -0.05) is 43.1 Å². The van der Waals surface area contributed by atoms with E-state index < -0.39 is 10.9 Å². The molecule has 1 aliphatic heterocycles. The predicted molar refractivity (Wildman–Crippen MR) is 106 cm³/mol. The number of hydrogen-bond donors (Lipinski definition) is 0. The van der Waals surface area contributed by atoms with Gasteiger partial charge in [-0.3, -0.25) is 10.1 Å². The van der Waals surface area contributed by atoms with Crippen LogP contribution in [-0.2, 0) is 9.53 Å². The van der Waals surface area contributed by atoms with Crippen molar-refractivity contribution in [2.45, 2.75) is 19.8 Å². The van der Waals surface area contributed by atoms with Crippen LogP contribution in [0.3, 0.4) is 0 Å². The van der Waals surface area contributed by atoms with Crippen molar-refractivity contribution < 1.29 is 19.2 Å². The molecule has 0 amide bonds. The van der Waals surface area contributed by atoms with E-state index in [1.54, 1.807) is 6.08 Å². The molecular weight excluding hydrogens is 384 g/mol. The van der Waals surface area contributed by atoms with Crippen molar-refractivity contribution in [3.05, 3.63) is 74.4 Å². The molecule has 0 aliphatic carbocycles. The summed E-state index contributed by atoms with van der Waals surface area (Å²) < 4.78 is 11.0. The normalized spacial score (nSPS) is 14.7. The van der Waals surface area contributed by atoms with Gasteiger partial charge in [0.05, 0.1) is 22.1 Å². The summed E-state index contributed by atoms with van der Waals surface area (Å²) in [6, 6.07) is 11.2. The first-order valence-corrected chi connectivity index (χ1v) is 9.06. The number of rotatable bonds is 7. The van der Waals surface area contributed by atoms with Crippen LogP contribution in [0.25, 0.3) is 6.08 Å². The zero-order chi connectivity index (χ0) is 20.1. The maximum Gasteiger partial charge on any atom is 0.363 e. The standard InChI is InChI=1S/C20H17ClN2O5/c1-2-3-10-27-18-7-5-4-6-13(18)11-17-20(24)28-19(22-17)15-9-8-14(23(25)26)12-16(15)21/h4-9,11-12H,2-3,10H2,1H3. The second-order valence-corrected chi connectivity index (χ2v) is 6.40. The Morgan fingerprint density at radius 3 is 2.79 bits per heavy atom. The summed E-state index contributed by atoms with van der Waals surface area (Å²) in [6.45, 7) is 2.65. The molecule has 0 fully saturated rings. The largest absolute Gasteiger partial charge is 0.493 e. The summed E-state index contributed by atoms with van der Waals surface area (Å²) in [5.41, 5.74) is 0.936. The van der Waals surface area contributed by atoms with Crippen LogP contribution in [0.4, 0.5) is 5.69 Å². The summed E-state index contributed by atoms with van der Waals surface area (Å²) in [6.07, 6.45) is 3.52. The van der Waals surface area contributed by atoms with Crippen LogP contribution >= 0.6 is 11.6 Å². The first-order valence-electron chi connectivity index (χ1n) is 8.68. The molecule has 0 N–H and O–H groups in total. The lowest BCUT2D eigenvalue weighted by Gasteiger charge is -2.08. The van der Waals surface area contributed by atoms with E-state index >= 15 is 0 Å². The van der Waals surface area contributed by atoms with Crippen LogP contribution in [0.2, 0.25) is 5.02 Å². The van der Waals surface area contributed by atoms with Crippen molar-refractivity contribution in [1.29, 1.82) is 0 Å². The molecule has 1 heterocycles. The Labute approximate surface area is 166 Å². The number of benzene rings is 2. The number of nitro groups is 1. The molecular formula is C20H17ClN2O5. The van der Waals surface area contributed by atoms with Crippen LogP contribution in [0, 0.1) is 10.1 Å². The lowest BCUT2D eigenvalue weighted by atomic mass is 10.1. The van der Waals surface area contributed by atoms with Crippen molar-refractivity contribution in [1.82, 2.24) is 0 Å². The number of cyclic esters (lactones) is 1. The van der Waals surface area contributed by atoms with Crippen molar-refractivity contribution in [3.63, 3.8) is 0 Å². The van der Waals surface area contributed by atoms with Crippen LogP contribution < -0.4 is 4.74 Å². The molecule has 28 heavy (non-hydrogen) atoms. The van der Waals surface area contributed by atoms with Gasteiger partial charge in [-0.05, 0) is 24.6 Å². The van der Waals surface area contributed by atoms with Crippen molar-refractivity contribution in [2.75, 3.05) is 6.61 Å². The Morgan fingerprint density at radius 1 is 1.29 bits per heavy atom. The molecule has 3 rings (SSSR count). The molecule has 1 aliphatic rings. The van der Waals surface area contributed by atoms with E-state index in [1.807, 2.05) is 24.3 Å². The number of carbonyl (C=O) groups is 1. The van der Waals surface area contributed by atoms with E-state index in [0.717, 1.165) is 12.8 Å². The van der Waals surface area contributed by atoms with Gasteiger partial charge in [0.1, 0.15) is 5.75 Å². The Kier molecular flexibility index (Phi) is 6.06. The molecule has 144 valence electrons. The maximum atomic E-state index is 12.2. The van der Waals surface area contributed by atoms with Gasteiger partial charge in [-0.25, -0.2) is 9.79 Å². The number of non-ortho nitro benzene ring substituents is 1. The minimum atomic E-state index is -0.632. The molecule has 0 saturated carbocycles. The number of aliphatic imine (C=N–C) groups is 1. The van der Waals surface area contributed by atoms with Gasteiger partial charge in [0, 0.05) is 17.7 Å². The average Bonchev–Trinajstić information content (AvgIpc) is 3.03. The molecule has 0 bridgehead atoms. The molecule has 0 saturated heterocycles. The summed E-state index contributed by atoms with van der Waals surface area (Å²) in [5, 5.41) is 10.9. The SMILES string of the molecule is CCCCOc1ccccc1C=C1N=C(c2ccc([N+](=O)[O-])cc2Cl)OC1=O. The van der Waals surface area contributed by atoms with Gasteiger partial charge >= 0.3 is 5.97 Å². The van der Waals surface area contributed by atoms with E-state index in [-0.39, 0.29) is 22.3 Å². The Balaban J connectivity index is 1.89. The summed E-state index contributed by atoms with van der Waals surface area (Å²) in [4.78, 5) is 26.7. The molecule has 0 atom stereocenters.